The molecule has 1 rings (SSSR count). The highest BCUT2D eigenvalue weighted by atomic mass is 32.2. The average Bonchev–Trinajstić information content (AvgIpc) is 2.73. The van der Waals surface area contributed by atoms with Crippen LogP contribution in [0.25, 0.3) is 0 Å². The van der Waals surface area contributed by atoms with E-state index in [0.717, 1.165) is 12.8 Å². The van der Waals surface area contributed by atoms with Gasteiger partial charge in [0, 0.05) is 18.4 Å². The summed E-state index contributed by atoms with van der Waals surface area (Å²) < 4.78 is 6.93. The third-order valence-corrected chi connectivity index (χ3v) is 3.64. The molecule has 110 valence electrons. The Labute approximate surface area is 117 Å². The molecule has 0 spiro atoms. The number of aromatic amines is 1. The Morgan fingerprint density at radius 2 is 2.26 bits per heavy atom. The van der Waals surface area contributed by atoms with Gasteiger partial charge < -0.3 is 9.84 Å². The second kappa shape index (κ2) is 8.39. The molecule has 0 aliphatic carbocycles. The van der Waals surface area contributed by atoms with E-state index in [1.54, 1.807) is 4.57 Å². The Morgan fingerprint density at radius 1 is 1.53 bits per heavy atom. The van der Waals surface area contributed by atoms with Crippen molar-refractivity contribution < 1.29 is 9.84 Å². The van der Waals surface area contributed by atoms with E-state index < -0.39 is 6.10 Å². The van der Waals surface area contributed by atoms with Gasteiger partial charge in [-0.3, -0.25) is 4.57 Å². The maximum atomic E-state index is 11.5. The molecule has 0 saturated heterocycles. The zero-order valence-corrected chi connectivity index (χ0v) is 12.6. The quantitative estimate of drug-likeness (QED) is 0.531. The second-order valence-corrected chi connectivity index (χ2v) is 5.66. The number of unbranched alkanes of at least 4 members (excludes halogenated alkanes) is 1. The maximum absolute atomic E-state index is 11.5. The van der Waals surface area contributed by atoms with E-state index >= 15 is 0 Å². The Kier molecular flexibility index (Phi) is 7.19. The number of ether oxygens (including phenoxy) is 1. The van der Waals surface area contributed by atoms with Gasteiger partial charge in [0.2, 0.25) is 0 Å². The highest BCUT2D eigenvalue weighted by Gasteiger charge is 2.13. The number of rotatable bonds is 9. The molecule has 1 atom stereocenters. The van der Waals surface area contributed by atoms with Crippen LogP contribution >= 0.6 is 11.8 Å². The van der Waals surface area contributed by atoms with Crippen LogP contribution in [0.2, 0.25) is 0 Å². The van der Waals surface area contributed by atoms with Gasteiger partial charge in [0.1, 0.15) is 0 Å². The van der Waals surface area contributed by atoms with Crippen LogP contribution in [-0.4, -0.2) is 44.9 Å². The predicted octanol–water partition coefficient (Wildman–Crippen LogP) is 1.42. The number of aromatic nitrogens is 3. The van der Waals surface area contributed by atoms with Gasteiger partial charge in [-0.2, -0.15) is 0 Å². The molecule has 1 heterocycles. The summed E-state index contributed by atoms with van der Waals surface area (Å²) >= 11 is 1.36. The van der Waals surface area contributed by atoms with Crippen LogP contribution in [0.1, 0.15) is 39.7 Å². The zero-order chi connectivity index (χ0) is 14.3. The van der Waals surface area contributed by atoms with E-state index in [1.807, 2.05) is 13.8 Å². The number of H-pyrrole nitrogens is 1. The van der Waals surface area contributed by atoms with Crippen molar-refractivity contribution in [3.8, 4) is 0 Å². The smallest absolute Gasteiger partial charge is 0.344 e. The molecule has 19 heavy (non-hydrogen) atoms. The fourth-order valence-corrected chi connectivity index (χ4v) is 2.51. The van der Waals surface area contributed by atoms with Gasteiger partial charge in [-0.25, -0.2) is 9.89 Å². The molecule has 1 unspecified atom stereocenters. The number of nitrogens with one attached hydrogen (secondary N) is 1. The maximum Gasteiger partial charge on any atom is 0.344 e. The minimum Gasteiger partial charge on any atom is -0.390 e. The number of hydrogen-bond acceptors (Lipinski definition) is 5. The molecule has 2 N–H and O–H groups in total. The lowest BCUT2D eigenvalue weighted by Gasteiger charge is -2.12. The molecule has 0 amide bonds. The molecular formula is C12H23N3O3S. The summed E-state index contributed by atoms with van der Waals surface area (Å²) in [5.74, 6) is 0.461. The van der Waals surface area contributed by atoms with E-state index in [-0.39, 0.29) is 11.7 Å². The molecule has 1 aromatic rings. The minimum atomic E-state index is -0.547. The molecule has 6 nitrogen and oxygen atoms in total. The fourth-order valence-electron chi connectivity index (χ4n) is 1.53. The van der Waals surface area contributed by atoms with Gasteiger partial charge in [-0.15, -0.1) is 5.10 Å². The van der Waals surface area contributed by atoms with Crippen molar-refractivity contribution in [2.45, 2.75) is 50.9 Å². The van der Waals surface area contributed by atoms with E-state index in [1.165, 1.54) is 11.8 Å². The summed E-state index contributed by atoms with van der Waals surface area (Å²) in [5, 5.41) is 16.8. The van der Waals surface area contributed by atoms with E-state index in [9.17, 15) is 9.90 Å². The van der Waals surface area contributed by atoms with Gasteiger partial charge in [0.25, 0.3) is 0 Å². The van der Waals surface area contributed by atoms with Crippen LogP contribution in [0, 0.1) is 0 Å². The topological polar surface area (TPSA) is 80.1 Å². The molecular weight excluding hydrogens is 266 g/mol. The summed E-state index contributed by atoms with van der Waals surface area (Å²) in [6.45, 7) is 6.94. The van der Waals surface area contributed by atoms with Gasteiger partial charge in [-0.05, 0) is 20.3 Å². The molecule has 0 aromatic carbocycles. The van der Waals surface area contributed by atoms with Crippen LogP contribution in [0.3, 0.4) is 0 Å². The highest BCUT2D eigenvalue weighted by molar-refractivity contribution is 7.99. The van der Waals surface area contributed by atoms with Crippen molar-refractivity contribution in [3.05, 3.63) is 10.5 Å². The summed E-state index contributed by atoms with van der Waals surface area (Å²) in [5.41, 5.74) is -0.216. The molecule has 0 saturated carbocycles. The van der Waals surface area contributed by atoms with E-state index in [0.29, 0.717) is 24.1 Å². The first-order chi connectivity index (χ1) is 9.06. The SMILES string of the molecule is CCCCOCC(O)CSc1n[nH]c(=O)n1C(C)C. The molecule has 0 radical (unpaired) electrons. The summed E-state index contributed by atoms with van der Waals surface area (Å²) in [4.78, 5) is 11.5. The number of nitrogens with zero attached hydrogens (tertiary/aromatic N) is 2. The lowest BCUT2D eigenvalue weighted by molar-refractivity contribution is 0.0473. The highest BCUT2D eigenvalue weighted by Crippen LogP contribution is 2.17. The zero-order valence-electron chi connectivity index (χ0n) is 11.8. The number of hydrogen-bond donors (Lipinski definition) is 2. The van der Waals surface area contributed by atoms with Gasteiger partial charge in [0.15, 0.2) is 5.16 Å². The molecule has 7 heteroatoms. The normalized spacial score (nSPS) is 13.1. The third-order valence-electron chi connectivity index (χ3n) is 2.55. The van der Waals surface area contributed by atoms with Crippen molar-refractivity contribution in [2.75, 3.05) is 19.0 Å². The van der Waals surface area contributed by atoms with Crippen molar-refractivity contribution in [2.24, 2.45) is 0 Å². The second-order valence-electron chi connectivity index (χ2n) is 4.67. The lowest BCUT2D eigenvalue weighted by Crippen LogP contribution is -2.21. The first-order valence-corrected chi connectivity index (χ1v) is 7.60. The van der Waals surface area contributed by atoms with Crippen molar-refractivity contribution in [1.29, 1.82) is 0 Å². The summed E-state index contributed by atoms with van der Waals surface area (Å²) in [6.07, 6.45) is 1.54. The number of aliphatic hydroxyl groups excluding tert-OH is 1. The average molecular weight is 289 g/mol. The van der Waals surface area contributed by atoms with Crippen molar-refractivity contribution in [3.63, 3.8) is 0 Å². The third kappa shape index (κ3) is 5.38. The van der Waals surface area contributed by atoms with Crippen molar-refractivity contribution >= 4 is 11.8 Å². The predicted molar refractivity (Wildman–Crippen MR) is 75.7 cm³/mol. The molecule has 0 fully saturated rings. The van der Waals surface area contributed by atoms with E-state index in [4.69, 9.17) is 4.74 Å². The number of thioether (sulfide) groups is 1. The van der Waals surface area contributed by atoms with Gasteiger partial charge in [-0.1, -0.05) is 25.1 Å². The summed E-state index contributed by atoms with van der Waals surface area (Å²) in [6, 6.07) is 0.0479. The van der Waals surface area contributed by atoms with Gasteiger partial charge >= 0.3 is 5.69 Å². The lowest BCUT2D eigenvalue weighted by atomic mass is 10.3. The van der Waals surface area contributed by atoms with Crippen LogP contribution in [0.5, 0.6) is 0 Å². The van der Waals surface area contributed by atoms with Crippen LogP contribution < -0.4 is 5.69 Å². The Morgan fingerprint density at radius 3 is 2.89 bits per heavy atom. The first-order valence-electron chi connectivity index (χ1n) is 6.61. The molecule has 0 bridgehead atoms. The largest absolute Gasteiger partial charge is 0.390 e. The molecule has 0 aliphatic heterocycles. The Balaban J connectivity index is 2.38. The standard InChI is InChI=1S/C12H23N3O3S/c1-4-5-6-18-7-10(16)8-19-12-14-13-11(17)15(12)9(2)3/h9-10,16H,4-8H2,1-3H3,(H,13,17). The number of aliphatic hydroxyl groups is 1. The first kappa shape index (κ1) is 16.3. The van der Waals surface area contributed by atoms with Crippen LogP contribution in [0.15, 0.2) is 9.95 Å². The van der Waals surface area contributed by atoms with Crippen LogP contribution in [0.4, 0.5) is 0 Å². The van der Waals surface area contributed by atoms with Crippen molar-refractivity contribution in [1.82, 2.24) is 14.8 Å². The monoisotopic (exact) mass is 289 g/mol. The minimum absolute atomic E-state index is 0.0479. The Hall–Kier alpha value is -0.790. The van der Waals surface area contributed by atoms with Gasteiger partial charge in [0.05, 0.1) is 12.7 Å². The van der Waals surface area contributed by atoms with Crippen LogP contribution in [-0.2, 0) is 4.74 Å². The molecule has 1 aromatic heterocycles. The van der Waals surface area contributed by atoms with E-state index in [2.05, 4.69) is 17.1 Å². The fraction of sp³-hybridized carbons (Fsp3) is 0.833. The molecule has 0 aliphatic rings. The summed E-state index contributed by atoms with van der Waals surface area (Å²) in [7, 11) is 0. The Bertz CT molecular complexity index is 417.